The van der Waals surface area contributed by atoms with Crippen molar-refractivity contribution in [1.82, 2.24) is 10.2 Å². The number of carbonyl (C=O) groups excluding carboxylic acids is 2. The number of thioether (sulfide) groups is 1. The zero-order valence-corrected chi connectivity index (χ0v) is 17.8. The van der Waals surface area contributed by atoms with Gasteiger partial charge in [-0.3, -0.25) is 14.9 Å². The number of rotatable bonds is 7. The molecule has 29 heavy (non-hydrogen) atoms. The molecule has 0 atom stereocenters. The van der Waals surface area contributed by atoms with Crippen molar-refractivity contribution in [3.05, 3.63) is 59.2 Å². The first-order valence-electron chi connectivity index (χ1n) is 8.74. The zero-order chi connectivity index (χ0) is 20.8. The second-order valence-corrected chi connectivity index (χ2v) is 8.38. The fourth-order valence-electron chi connectivity index (χ4n) is 2.50. The quantitative estimate of drug-likeness (QED) is 0.434. The van der Waals surface area contributed by atoms with Gasteiger partial charge in [0, 0.05) is 5.69 Å². The summed E-state index contributed by atoms with van der Waals surface area (Å²) in [5.41, 5.74) is 3.30. The molecule has 3 rings (SSSR count). The van der Waals surface area contributed by atoms with E-state index >= 15 is 0 Å². The first kappa shape index (κ1) is 20.8. The van der Waals surface area contributed by atoms with Gasteiger partial charge in [0.25, 0.3) is 5.91 Å². The van der Waals surface area contributed by atoms with E-state index in [0.29, 0.717) is 20.8 Å². The van der Waals surface area contributed by atoms with E-state index in [1.165, 1.54) is 30.2 Å². The van der Waals surface area contributed by atoms with Crippen LogP contribution in [-0.2, 0) is 4.79 Å². The predicted molar refractivity (Wildman–Crippen MR) is 116 cm³/mol. The van der Waals surface area contributed by atoms with Crippen LogP contribution in [0.25, 0.3) is 0 Å². The van der Waals surface area contributed by atoms with Crippen LogP contribution in [0.4, 0.5) is 10.8 Å². The summed E-state index contributed by atoms with van der Waals surface area (Å²) >= 11 is 2.48. The molecule has 0 aliphatic heterocycles. The van der Waals surface area contributed by atoms with Gasteiger partial charge in [-0.2, -0.15) is 0 Å². The first-order valence-corrected chi connectivity index (χ1v) is 10.5. The minimum absolute atomic E-state index is 0.126. The third kappa shape index (κ3) is 5.55. The highest BCUT2D eigenvalue weighted by atomic mass is 32.2. The molecule has 9 heteroatoms. The maximum Gasteiger partial charge on any atom is 0.261 e. The Balaban J connectivity index is 1.55. The molecule has 2 amide bonds. The van der Waals surface area contributed by atoms with Crippen molar-refractivity contribution in [3.63, 3.8) is 0 Å². The fourth-order valence-corrected chi connectivity index (χ4v) is 4.05. The highest BCUT2D eigenvalue weighted by Gasteiger charge is 2.15. The van der Waals surface area contributed by atoms with E-state index in [9.17, 15) is 9.59 Å². The molecule has 0 radical (unpaired) electrons. The molecule has 2 N–H and O–H groups in total. The van der Waals surface area contributed by atoms with Gasteiger partial charge < -0.3 is 10.1 Å². The molecular formula is C20H20N4O3S2. The molecule has 0 spiro atoms. The molecule has 0 saturated carbocycles. The van der Waals surface area contributed by atoms with Gasteiger partial charge in [-0.1, -0.05) is 47.4 Å². The number of methoxy groups -OCH3 is 1. The molecule has 150 valence electrons. The molecule has 3 aromatic rings. The molecule has 0 aliphatic carbocycles. The average Bonchev–Trinajstić information content (AvgIpc) is 3.16. The number of hydrogen-bond acceptors (Lipinski definition) is 7. The van der Waals surface area contributed by atoms with Gasteiger partial charge in [0.05, 0.1) is 18.4 Å². The number of aryl methyl sites for hydroxylation is 2. The Kier molecular flexibility index (Phi) is 6.84. The number of hydrogen-bond donors (Lipinski definition) is 2. The Morgan fingerprint density at radius 1 is 1.10 bits per heavy atom. The lowest BCUT2D eigenvalue weighted by Gasteiger charge is -2.08. The van der Waals surface area contributed by atoms with Gasteiger partial charge in [-0.15, -0.1) is 10.2 Å². The summed E-state index contributed by atoms with van der Waals surface area (Å²) in [7, 11) is 1.51. The van der Waals surface area contributed by atoms with Crippen LogP contribution in [0.5, 0.6) is 5.75 Å². The number of aromatic nitrogens is 2. The Hall–Kier alpha value is -2.91. The number of nitrogens with one attached hydrogen (secondary N) is 2. The van der Waals surface area contributed by atoms with E-state index in [2.05, 4.69) is 20.8 Å². The van der Waals surface area contributed by atoms with Crippen LogP contribution in [0.3, 0.4) is 0 Å². The molecule has 7 nitrogen and oxygen atoms in total. The summed E-state index contributed by atoms with van der Waals surface area (Å²) in [6, 6.07) is 12.8. The largest absolute Gasteiger partial charge is 0.496 e. The highest BCUT2D eigenvalue weighted by molar-refractivity contribution is 8.01. The van der Waals surface area contributed by atoms with Crippen molar-refractivity contribution in [2.24, 2.45) is 0 Å². The molecule has 1 heterocycles. The Morgan fingerprint density at radius 2 is 1.90 bits per heavy atom. The lowest BCUT2D eigenvalue weighted by molar-refractivity contribution is -0.113. The smallest absolute Gasteiger partial charge is 0.261 e. The van der Waals surface area contributed by atoms with E-state index in [0.717, 1.165) is 16.8 Å². The summed E-state index contributed by atoms with van der Waals surface area (Å²) < 4.78 is 5.79. The van der Waals surface area contributed by atoms with Crippen LogP contribution < -0.4 is 15.4 Å². The van der Waals surface area contributed by atoms with Crippen molar-refractivity contribution in [1.29, 1.82) is 0 Å². The van der Waals surface area contributed by atoms with E-state index in [1.54, 1.807) is 24.3 Å². The standard InChI is InChI=1S/C20H20N4O3S2/c1-12-8-9-13(2)15(10-12)21-17(25)11-28-20-24-23-19(29-20)22-18(26)14-6-4-5-7-16(14)27-3/h4-10H,11H2,1-3H3,(H,21,25)(H,22,23,26). The molecule has 0 aliphatic rings. The lowest BCUT2D eigenvalue weighted by Crippen LogP contribution is -2.14. The van der Waals surface area contributed by atoms with E-state index in [1.807, 2.05) is 32.0 Å². The van der Waals surface area contributed by atoms with E-state index < -0.39 is 0 Å². The van der Waals surface area contributed by atoms with Crippen molar-refractivity contribution in [3.8, 4) is 5.75 Å². The SMILES string of the molecule is COc1ccccc1C(=O)Nc1nnc(SCC(=O)Nc2cc(C)ccc2C)s1. The number of anilines is 2. The molecule has 0 fully saturated rings. The summed E-state index contributed by atoms with van der Waals surface area (Å²) in [4.78, 5) is 24.6. The molecule has 2 aromatic carbocycles. The Morgan fingerprint density at radius 3 is 2.69 bits per heavy atom. The summed E-state index contributed by atoms with van der Waals surface area (Å²) in [5, 5.41) is 14.0. The van der Waals surface area contributed by atoms with Crippen LogP contribution in [0.15, 0.2) is 46.8 Å². The minimum atomic E-state index is -0.331. The van der Waals surface area contributed by atoms with Gasteiger partial charge in [-0.05, 0) is 43.2 Å². The minimum Gasteiger partial charge on any atom is -0.496 e. The monoisotopic (exact) mass is 428 g/mol. The predicted octanol–water partition coefficient (Wildman–Crippen LogP) is 4.15. The molecule has 0 unspecified atom stereocenters. The van der Waals surface area contributed by atoms with Crippen molar-refractivity contribution in [2.75, 3.05) is 23.5 Å². The molecule has 0 bridgehead atoms. The summed E-state index contributed by atoms with van der Waals surface area (Å²) in [6.45, 7) is 3.93. The third-order valence-electron chi connectivity index (χ3n) is 3.97. The first-order chi connectivity index (χ1) is 14.0. The van der Waals surface area contributed by atoms with Crippen LogP contribution in [-0.4, -0.2) is 34.9 Å². The van der Waals surface area contributed by atoms with Gasteiger partial charge in [0.2, 0.25) is 11.0 Å². The number of amides is 2. The van der Waals surface area contributed by atoms with Crippen molar-refractivity contribution in [2.45, 2.75) is 18.2 Å². The van der Waals surface area contributed by atoms with Crippen LogP contribution >= 0.6 is 23.1 Å². The van der Waals surface area contributed by atoms with Crippen LogP contribution in [0, 0.1) is 13.8 Å². The van der Waals surface area contributed by atoms with Crippen molar-refractivity contribution >= 4 is 45.7 Å². The van der Waals surface area contributed by atoms with Crippen LogP contribution in [0.2, 0.25) is 0 Å². The Labute approximate surface area is 176 Å². The van der Waals surface area contributed by atoms with Crippen molar-refractivity contribution < 1.29 is 14.3 Å². The van der Waals surface area contributed by atoms with Gasteiger partial charge in [-0.25, -0.2) is 0 Å². The number of carbonyl (C=O) groups is 2. The summed E-state index contributed by atoms with van der Waals surface area (Å²) in [5.74, 6) is 0.219. The maximum absolute atomic E-state index is 12.4. The van der Waals surface area contributed by atoms with Gasteiger partial charge >= 0.3 is 0 Å². The van der Waals surface area contributed by atoms with Gasteiger partial charge in [0.15, 0.2) is 4.34 Å². The second kappa shape index (κ2) is 9.53. The van der Waals surface area contributed by atoms with Crippen LogP contribution in [0.1, 0.15) is 21.5 Å². The topological polar surface area (TPSA) is 93.2 Å². The fraction of sp³-hybridized carbons (Fsp3) is 0.200. The maximum atomic E-state index is 12.4. The summed E-state index contributed by atoms with van der Waals surface area (Å²) in [6.07, 6.45) is 0. The molecule has 1 aromatic heterocycles. The highest BCUT2D eigenvalue weighted by Crippen LogP contribution is 2.27. The Bertz CT molecular complexity index is 1040. The van der Waals surface area contributed by atoms with E-state index in [-0.39, 0.29) is 17.6 Å². The lowest BCUT2D eigenvalue weighted by atomic mass is 10.1. The van der Waals surface area contributed by atoms with Gasteiger partial charge in [0.1, 0.15) is 5.75 Å². The molecular weight excluding hydrogens is 408 g/mol. The average molecular weight is 429 g/mol. The second-order valence-electron chi connectivity index (χ2n) is 6.18. The number of nitrogens with zero attached hydrogens (tertiary/aromatic N) is 2. The van der Waals surface area contributed by atoms with E-state index in [4.69, 9.17) is 4.74 Å². The number of benzene rings is 2. The normalized spacial score (nSPS) is 10.4. The third-order valence-corrected chi connectivity index (χ3v) is 5.94. The number of ether oxygens (including phenoxy) is 1. The molecule has 0 saturated heterocycles. The number of para-hydroxylation sites is 1. The zero-order valence-electron chi connectivity index (χ0n) is 16.2.